The average molecular weight is 654 g/mol. The third kappa shape index (κ3) is 5.08. The smallest absolute Gasteiger partial charge is 0.160 e. The predicted molar refractivity (Wildman–Crippen MR) is 211 cm³/mol. The molecule has 240 valence electrons. The molecular weight excluding hydrogens is 623 g/mol. The van der Waals surface area contributed by atoms with E-state index < -0.39 is 0 Å². The van der Waals surface area contributed by atoms with Gasteiger partial charge in [-0.1, -0.05) is 152 Å². The zero-order chi connectivity index (χ0) is 33.7. The van der Waals surface area contributed by atoms with Crippen molar-refractivity contribution in [3.8, 4) is 22.3 Å². The van der Waals surface area contributed by atoms with Crippen LogP contribution in [0.25, 0.3) is 65.7 Å². The van der Waals surface area contributed by atoms with E-state index in [1.54, 1.807) is 0 Å². The van der Waals surface area contributed by atoms with E-state index in [1.165, 1.54) is 27.1 Å². The first-order chi connectivity index (χ1) is 25.3. The molecule has 0 saturated heterocycles. The Bertz CT molecular complexity index is 2820. The number of para-hydroxylation sites is 1. The first-order valence-electron chi connectivity index (χ1n) is 17.3. The summed E-state index contributed by atoms with van der Waals surface area (Å²) in [6.45, 7) is 0. The highest BCUT2D eigenvalue weighted by Gasteiger charge is 2.26. The first kappa shape index (κ1) is 29.2. The van der Waals surface area contributed by atoms with Crippen LogP contribution in [0.3, 0.4) is 0 Å². The number of rotatable bonds is 5. The van der Waals surface area contributed by atoms with Crippen LogP contribution in [0.2, 0.25) is 0 Å². The largest absolute Gasteiger partial charge is 0.456 e. The monoisotopic (exact) mass is 653 g/mol. The van der Waals surface area contributed by atoms with Crippen LogP contribution in [0.1, 0.15) is 22.9 Å². The molecule has 0 spiro atoms. The quantitative estimate of drug-likeness (QED) is 0.188. The van der Waals surface area contributed by atoms with Crippen LogP contribution >= 0.6 is 0 Å². The molecule has 8 aromatic carbocycles. The van der Waals surface area contributed by atoms with Crippen molar-refractivity contribution in [2.45, 2.75) is 6.17 Å². The zero-order valence-corrected chi connectivity index (χ0v) is 27.6. The molecule has 1 unspecified atom stereocenters. The van der Waals surface area contributed by atoms with Gasteiger partial charge in [0.05, 0.1) is 0 Å². The van der Waals surface area contributed by atoms with Crippen molar-refractivity contribution < 1.29 is 4.42 Å². The molecule has 1 atom stereocenters. The van der Waals surface area contributed by atoms with E-state index in [0.29, 0.717) is 5.84 Å². The second-order valence-corrected chi connectivity index (χ2v) is 13.0. The van der Waals surface area contributed by atoms with Crippen molar-refractivity contribution in [1.29, 1.82) is 0 Å². The Hall–Kier alpha value is -6.78. The van der Waals surface area contributed by atoms with Gasteiger partial charge in [-0.25, -0.2) is 9.98 Å². The normalized spacial score (nSPS) is 14.5. The summed E-state index contributed by atoms with van der Waals surface area (Å²) in [6.07, 6.45) is -0.341. The molecule has 1 aliphatic heterocycles. The third-order valence-electron chi connectivity index (χ3n) is 9.95. The number of nitrogens with one attached hydrogen (secondary N) is 1. The van der Waals surface area contributed by atoms with Gasteiger partial charge >= 0.3 is 0 Å². The van der Waals surface area contributed by atoms with Gasteiger partial charge in [0.2, 0.25) is 0 Å². The number of fused-ring (bicyclic) bond motifs is 6. The van der Waals surface area contributed by atoms with Crippen molar-refractivity contribution in [3.63, 3.8) is 0 Å². The van der Waals surface area contributed by atoms with Gasteiger partial charge in [-0.15, -0.1) is 0 Å². The SMILES string of the molecule is c1ccc(-c2ccc(C3=NC(c4c(-c5ccc6c(ccc7ccccc76)c5)ccc5oc6ccccc6c45)=NC(c4ccccc4)N3)cc2)cc1. The van der Waals surface area contributed by atoms with Crippen molar-refractivity contribution >= 4 is 55.2 Å². The molecular formula is C47H31N3O. The van der Waals surface area contributed by atoms with Crippen LogP contribution in [0, 0.1) is 0 Å². The Labute approximate surface area is 295 Å². The number of aliphatic imine (C=N–C) groups is 2. The summed E-state index contributed by atoms with van der Waals surface area (Å²) in [5, 5.41) is 10.6. The molecule has 0 bridgehead atoms. The number of nitrogens with zero attached hydrogens (tertiary/aromatic N) is 2. The molecule has 0 saturated carbocycles. The van der Waals surface area contributed by atoms with Crippen LogP contribution in [-0.2, 0) is 0 Å². The summed E-state index contributed by atoms with van der Waals surface area (Å²) in [5.74, 6) is 1.43. The molecule has 51 heavy (non-hydrogen) atoms. The molecule has 2 heterocycles. The van der Waals surface area contributed by atoms with Crippen molar-refractivity contribution in [1.82, 2.24) is 5.32 Å². The van der Waals surface area contributed by atoms with Crippen LogP contribution in [0.5, 0.6) is 0 Å². The summed E-state index contributed by atoms with van der Waals surface area (Å²) < 4.78 is 6.45. The first-order valence-corrected chi connectivity index (χ1v) is 17.3. The molecule has 0 fully saturated rings. The Morgan fingerprint density at radius 1 is 0.471 bits per heavy atom. The molecule has 10 rings (SSSR count). The molecule has 1 aromatic heterocycles. The molecule has 4 heteroatoms. The van der Waals surface area contributed by atoms with Gasteiger partial charge in [-0.2, -0.15) is 0 Å². The Morgan fingerprint density at radius 2 is 1.12 bits per heavy atom. The Balaban J connectivity index is 1.20. The lowest BCUT2D eigenvalue weighted by Gasteiger charge is -2.25. The van der Waals surface area contributed by atoms with Crippen molar-refractivity contribution in [2.75, 3.05) is 0 Å². The van der Waals surface area contributed by atoms with Gasteiger partial charge in [0.15, 0.2) is 5.84 Å². The van der Waals surface area contributed by atoms with Gasteiger partial charge in [0.1, 0.15) is 23.2 Å². The highest BCUT2D eigenvalue weighted by molar-refractivity contribution is 6.25. The maximum absolute atomic E-state index is 6.45. The maximum atomic E-state index is 6.45. The fraction of sp³-hybridized carbons (Fsp3) is 0.0213. The van der Waals surface area contributed by atoms with Crippen LogP contribution in [0.4, 0.5) is 0 Å². The zero-order valence-electron chi connectivity index (χ0n) is 27.6. The maximum Gasteiger partial charge on any atom is 0.160 e. The Morgan fingerprint density at radius 3 is 1.96 bits per heavy atom. The van der Waals surface area contributed by atoms with E-state index in [-0.39, 0.29) is 6.17 Å². The number of benzene rings is 8. The highest BCUT2D eigenvalue weighted by atomic mass is 16.3. The van der Waals surface area contributed by atoms with Crippen molar-refractivity contribution in [2.24, 2.45) is 9.98 Å². The predicted octanol–water partition coefficient (Wildman–Crippen LogP) is 11.7. The summed E-state index contributed by atoms with van der Waals surface area (Å²) in [4.78, 5) is 10.7. The summed E-state index contributed by atoms with van der Waals surface area (Å²) >= 11 is 0. The number of amidine groups is 2. The van der Waals surface area contributed by atoms with E-state index >= 15 is 0 Å². The average Bonchev–Trinajstić information content (AvgIpc) is 3.59. The van der Waals surface area contributed by atoms with Gasteiger partial charge in [0, 0.05) is 21.9 Å². The van der Waals surface area contributed by atoms with E-state index in [4.69, 9.17) is 14.4 Å². The minimum absolute atomic E-state index is 0.341. The van der Waals surface area contributed by atoms with E-state index in [1.807, 2.05) is 24.3 Å². The van der Waals surface area contributed by atoms with Crippen LogP contribution < -0.4 is 5.32 Å². The highest BCUT2D eigenvalue weighted by Crippen LogP contribution is 2.40. The van der Waals surface area contributed by atoms with E-state index in [0.717, 1.165) is 61.2 Å². The molecule has 1 N–H and O–H groups in total. The topological polar surface area (TPSA) is 49.9 Å². The fourth-order valence-corrected chi connectivity index (χ4v) is 7.43. The molecule has 1 aliphatic rings. The molecule has 0 aliphatic carbocycles. The van der Waals surface area contributed by atoms with Crippen LogP contribution in [-0.4, -0.2) is 11.7 Å². The van der Waals surface area contributed by atoms with Gasteiger partial charge < -0.3 is 9.73 Å². The van der Waals surface area contributed by atoms with E-state index in [9.17, 15) is 0 Å². The molecule has 4 nitrogen and oxygen atoms in total. The third-order valence-corrected chi connectivity index (χ3v) is 9.95. The number of furan rings is 1. The summed E-state index contributed by atoms with van der Waals surface area (Å²) in [7, 11) is 0. The molecule has 9 aromatic rings. The molecule has 0 amide bonds. The van der Waals surface area contributed by atoms with Crippen molar-refractivity contribution in [3.05, 3.63) is 193 Å². The van der Waals surface area contributed by atoms with Crippen LogP contribution in [0.15, 0.2) is 190 Å². The molecule has 0 radical (unpaired) electrons. The summed E-state index contributed by atoms with van der Waals surface area (Å²) in [6, 6.07) is 61.6. The number of hydrogen-bond donors (Lipinski definition) is 1. The van der Waals surface area contributed by atoms with Gasteiger partial charge in [-0.3, -0.25) is 0 Å². The second-order valence-electron chi connectivity index (χ2n) is 13.0. The fourth-order valence-electron chi connectivity index (χ4n) is 7.43. The lowest BCUT2D eigenvalue weighted by Crippen LogP contribution is -2.33. The number of hydrogen-bond acceptors (Lipinski definition) is 4. The minimum atomic E-state index is -0.341. The lowest BCUT2D eigenvalue weighted by atomic mass is 9.92. The summed E-state index contributed by atoms with van der Waals surface area (Å²) in [5.41, 5.74) is 9.15. The minimum Gasteiger partial charge on any atom is -0.456 e. The lowest BCUT2D eigenvalue weighted by molar-refractivity contribution is 0.668. The van der Waals surface area contributed by atoms with E-state index in [2.05, 4.69) is 157 Å². The second kappa shape index (κ2) is 12.0. The van der Waals surface area contributed by atoms with Gasteiger partial charge in [0.25, 0.3) is 0 Å². The Kier molecular flexibility index (Phi) is 6.85. The van der Waals surface area contributed by atoms with Gasteiger partial charge in [-0.05, 0) is 73.6 Å². The standard InChI is InChI=1S/C47H31N3O/c1-3-11-30(12-4-1)31-19-22-34(23-20-31)46-48-45(33-14-5-2-6-15-33)49-47(50-46)44-39(27-28-42-43(44)40-17-9-10-18-41(40)51-42)36-25-26-38-35(29-36)24-21-32-13-7-8-16-37(32)38/h1-29,45H,(H,48,49,50).